The molecule has 96 valence electrons. The predicted molar refractivity (Wildman–Crippen MR) is 73.5 cm³/mol. The molecule has 20 heavy (non-hydrogen) atoms. The molecule has 0 bridgehead atoms. The van der Waals surface area contributed by atoms with Gasteiger partial charge in [0, 0.05) is 11.8 Å². The first-order valence-corrected chi connectivity index (χ1v) is 6.16. The van der Waals surface area contributed by atoms with Crippen molar-refractivity contribution in [1.82, 2.24) is 20.0 Å². The van der Waals surface area contributed by atoms with Crippen molar-refractivity contribution in [2.24, 2.45) is 0 Å². The van der Waals surface area contributed by atoms with Crippen LogP contribution in [0.3, 0.4) is 0 Å². The Morgan fingerprint density at radius 1 is 1.10 bits per heavy atom. The standard InChI is InChI=1S/C15H11N5/c16-8-12-6-7-14(17-9-12)10-20-11-15(18-19-20)13-4-2-1-3-5-13/h1-7,9,11H,10H2. The molecule has 0 aliphatic rings. The number of nitriles is 1. The third kappa shape index (κ3) is 2.54. The maximum Gasteiger partial charge on any atom is 0.113 e. The second-order valence-corrected chi connectivity index (χ2v) is 4.32. The van der Waals surface area contributed by atoms with Crippen LogP contribution in [0.4, 0.5) is 0 Å². The van der Waals surface area contributed by atoms with Crippen molar-refractivity contribution < 1.29 is 0 Å². The summed E-state index contributed by atoms with van der Waals surface area (Å²) < 4.78 is 1.73. The molecule has 1 aromatic carbocycles. The Bertz CT molecular complexity index is 738. The van der Waals surface area contributed by atoms with Gasteiger partial charge in [-0.25, -0.2) is 4.68 Å². The molecular formula is C15H11N5. The number of benzene rings is 1. The topological polar surface area (TPSA) is 67.4 Å². The Labute approximate surface area is 116 Å². The number of aromatic nitrogens is 4. The van der Waals surface area contributed by atoms with Crippen LogP contribution in [0.5, 0.6) is 0 Å². The number of pyridine rings is 1. The monoisotopic (exact) mass is 261 g/mol. The van der Waals surface area contributed by atoms with E-state index in [0.29, 0.717) is 12.1 Å². The van der Waals surface area contributed by atoms with Gasteiger partial charge < -0.3 is 0 Å². The fourth-order valence-electron chi connectivity index (χ4n) is 1.87. The Balaban J connectivity index is 1.79. The highest BCUT2D eigenvalue weighted by Gasteiger charge is 2.04. The van der Waals surface area contributed by atoms with Crippen molar-refractivity contribution in [2.45, 2.75) is 6.54 Å². The van der Waals surface area contributed by atoms with Crippen LogP contribution in [-0.4, -0.2) is 20.0 Å². The van der Waals surface area contributed by atoms with Crippen LogP contribution in [0.1, 0.15) is 11.3 Å². The first-order valence-electron chi connectivity index (χ1n) is 6.16. The van der Waals surface area contributed by atoms with Crippen molar-refractivity contribution in [3.63, 3.8) is 0 Å². The number of hydrogen-bond donors (Lipinski definition) is 0. The summed E-state index contributed by atoms with van der Waals surface area (Å²) in [5.74, 6) is 0. The molecule has 0 saturated carbocycles. The maximum absolute atomic E-state index is 8.73. The summed E-state index contributed by atoms with van der Waals surface area (Å²) in [6.07, 6.45) is 3.44. The minimum atomic E-state index is 0.533. The normalized spacial score (nSPS) is 10.2. The molecule has 0 aliphatic heterocycles. The van der Waals surface area contributed by atoms with E-state index in [2.05, 4.69) is 15.3 Å². The minimum Gasteiger partial charge on any atom is -0.258 e. The van der Waals surface area contributed by atoms with Crippen molar-refractivity contribution in [3.05, 3.63) is 66.1 Å². The second-order valence-electron chi connectivity index (χ2n) is 4.32. The van der Waals surface area contributed by atoms with E-state index >= 15 is 0 Å². The van der Waals surface area contributed by atoms with E-state index in [4.69, 9.17) is 5.26 Å². The second kappa shape index (κ2) is 5.33. The number of nitrogens with zero attached hydrogens (tertiary/aromatic N) is 5. The molecule has 0 radical (unpaired) electrons. The van der Waals surface area contributed by atoms with E-state index in [0.717, 1.165) is 17.0 Å². The Kier molecular flexibility index (Phi) is 3.21. The smallest absolute Gasteiger partial charge is 0.113 e. The molecule has 0 N–H and O–H groups in total. The van der Waals surface area contributed by atoms with E-state index < -0.39 is 0 Å². The molecule has 0 aliphatic carbocycles. The molecule has 3 aromatic rings. The highest BCUT2D eigenvalue weighted by Crippen LogP contribution is 2.15. The fraction of sp³-hybridized carbons (Fsp3) is 0.0667. The Morgan fingerprint density at radius 2 is 1.95 bits per heavy atom. The Hall–Kier alpha value is -3.00. The van der Waals surface area contributed by atoms with Crippen LogP contribution in [0.2, 0.25) is 0 Å². The van der Waals surface area contributed by atoms with E-state index in [1.807, 2.05) is 48.7 Å². The molecule has 0 saturated heterocycles. The highest BCUT2D eigenvalue weighted by molar-refractivity contribution is 5.57. The van der Waals surface area contributed by atoms with Crippen LogP contribution in [0, 0.1) is 11.3 Å². The maximum atomic E-state index is 8.73. The molecule has 3 rings (SSSR count). The summed E-state index contributed by atoms with van der Waals surface area (Å²) in [6.45, 7) is 0.533. The van der Waals surface area contributed by atoms with Crippen LogP contribution >= 0.6 is 0 Å². The molecule has 0 amide bonds. The molecular weight excluding hydrogens is 250 g/mol. The molecule has 5 nitrogen and oxygen atoms in total. The van der Waals surface area contributed by atoms with Gasteiger partial charge in [-0.05, 0) is 12.1 Å². The lowest BCUT2D eigenvalue weighted by Crippen LogP contribution is -2.02. The van der Waals surface area contributed by atoms with Crippen molar-refractivity contribution in [1.29, 1.82) is 5.26 Å². The van der Waals surface area contributed by atoms with Crippen LogP contribution < -0.4 is 0 Å². The van der Waals surface area contributed by atoms with Gasteiger partial charge in [-0.15, -0.1) is 5.10 Å². The average molecular weight is 261 g/mol. The molecule has 0 atom stereocenters. The van der Waals surface area contributed by atoms with E-state index in [1.54, 1.807) is 16.9 Å². The van der Waals surface area contributed by atoms with E-state index in [1.165, 1.54) is 0 Å². The van der Waals surface area contributed by atoms with Gasteiger partial charge in [-0.3, -0.25) is 4.98 Å². The van der Waals surface area contributed by atoms with Gasteiger partial charge in [-0.1, -0.05) is 35.5 Å². The first kappa shape index (κ1) is 12.1. The summed E-state index contributed by atoms with van der Waals surface area (Å²) in [5, 5.41) is 17.0. The van der Waals surface area contributed by atoms with Gasteiger partial charge in [0.15, 0.2) is 0 Å². The number of rotatable bonds is 3. The molecule has 0 unspecified atom stereocenters. The minimum absolute atomic E-state index is 0.533. The zero-order valence-corrected chi connectivity index (χ0v) is 10.6. The lowest BCUT2D eigenvalue weighted by molar-refractivity contribution is 0.638. The van der Waals surface area contributed by atoms with E-state index in [-0.39, 0.29) is 0 Å². The largest absolute Gasteiger partial charge is 0.258 e. The Morgan fingerprint density at radius 3 is 2.65 bits per heavy atom. The molecule has 5 heteroatoms. The third-order valence-electron chi connectivity index (χ3n) is 2.89. The summed E-state index contributed by atoms with van der Waals surface area (Å²) in [7, 11) is 0. The zero-order valence-electron chi connectivity index (χ0n) is 10.6. The quantitative estimate of drug-likeness (QED) is 0.725. The first-order chi connectivity index (χ1) is 9.85. The van der Waals surface area contributed by atoms with Gasteiger partial charge in [0.1, 0.15) is 11.8 Å². The van der Waals surface area contributed by atoms with Crippen molar-refractivity contribution in [3.8, 4) is 17.3 Å². The highest BCUT2D eigenvalue weighted by atomic mass is 15.4. The summed E-state index contributed by atoms with van der Waals surface area (Å²) >= 11 is 0. The lowest BCUT2D eigenvalue weighted by atomic mass is 10.2. The summed E-state index contributed by atoms with van der Waals surface area (Å²) in [4.78, 5) is 4.22. The number of hydrogen-bond acceptors (Lipinski definition) is 4. The summed E-state index contributed by atoms with van der Waals surface area (Å²) in [6, 6.07) is 15.5. The van der Waals surface area contributed by atoms with E-state index in [9.17, 15) is 0 Å². The van der Waals surface area contributed by atoms with Crippen molar-refractivity contribution in [2.75, 3.05) is 0 Å². The SMILES string of the molecule is N#Cc1ccc(Cn2cc(-c3ccccc3)nn2)nc1. The van der Waals surface area contributed by atoms with Gasteiger partial charge in [-0.2, -0.15) is 5.26 Å². The van der Waals surface area contributed by atoms with Crippen LogP contribution in [0.25, 0.3) is 11.3 Å². The van der Waals surface area contributed by atoms with Gasteiger partial charge in [0.2, 0.25) is 0 Å². The van der Waals surface area contributed by atoms with Gasteiger partial charge in [0.05, 0.1) is 24.0 Å². The average Bonchev–Trinajstić information content (AvgIpc) is 2.97. The molecule has 0 spiro atoms. The molecule has 2 aromatic heterocycles. The van der Waals surface area contributed by atoms with Crippen LogP contribution in [0.15, 0.2) is 54.9 Å². The molecule has 2 heterocycles. The van der Waals surface area contributed by atoms with Gasteiger partial charge in [0.25, 0.3) is 0 Å². The third-order valence-corrected chi connectivity index (χ3v) is 2.89. The fourth-order valence-corrected chi connectivity index (χ4v) is 1.87. The van der Waals surface area contributed by atoms with Gasteiger partial charge >= 0.3 is 0 Å². The lowest BCUT2D eigenvalue weighted by Gasteiger charge is -1.99. The zero-order chi connectivity index (χ0) is 13.8. The van der Waals surface area contributed by atoms with Crippen LogP contribution in [-0.2, 0) is 6.54 Å². The molecule has 0 fully saturated rings. The summed E-state index contributed by atoms with van der Waals surface area (Å²) in [5.41, 5.74) is 3.26. The van der Waals surface area contributed by atoms with Crippen molar-refractivity contribution >= 4 is 0 Å². The predicted octanol–water partition coefficient (Wildman–Crippen LogP) is 2.26.